The summed E-state index contributed by atoms with van der Waals surface area (Å²) in [5, 5.41) is 3.97. The van der Waals surface area contributed by atoms with E-state index in [9.17, 15) is 17.6 Å². The predicted molar refractivity (Wildman–Crippen MR) is 142 cm³/mol. The van der Waals surface area contributed by atoms with Gasteiger partial charge in [0.1, 0.15) is 21.9 Å². The molecule has 0 aliphatic rings. The highest BCUT2D eigenvalue weighted by molar-refractivity contribution is 7.93. The first kappa shape index (κ1) is 28.1. The second kappa shape index (κ2) is 12.7. The number of halogens is 1. The van der Waals surface area contributed by atoms with Crippen LogP contribution < -0.4 is 10.1 Å². The number of esters is 1. The third-order valence-corrected chi connectivity index (χ3v) is 9.95. The van der Waals surface area contributed by atoms with Gasteiger partial charge in [0, 0.05) is 17.7 Å². The predicted octanol–water partition coefficient (Wildman–Crippen LogP) is 5.37. The van der Waals surface area contributed by atoms with E-state index in [-0.39, 0.29) is 23.6 Å². The third kappa shape index (κ3) is 7.27. The second-order valence-electron chi connectivity index (χ2n) is 8.84. The van der Waals surface area contributed by atoms with Gasteiger partial charge in [0.15, 0.2) is 9.84 Å². The molecule has 1 atom stereocenters. The number of sulfone groups is 1. The van der Waals surface area contributed by atoms with E-state index in [1.54, 1.807) is 13.0 Å². The molecule has 1 unspecified atom stereocenters. The molecule has 0 saturated carbocycles. The Morgan fingerprint density at radius 1 is 1.17 bits per heavy atom. The third-order valence-electron chi connectivity index (χ3n) is 6.17. The fraction of sp³-hybridized carbons (Fsp3) is 0.444. The Labute approximate surface area is 216 Å². The van der Waals surface area contributed by atoms with Gasteiger partial charge in [-0.3, -0.25) is 4.79 Å². The van der Waals surface area contributed by atoms with Crippen LogP contribution in [0.2, 0.25) is 0 Å². The van der Waals surface area contributed by atoms with E-state index in [0.29, 0.717) is 47.5 Å². The Morgan fingerprint density at radius 2 is 1.94 bits per heavy atom. The Hall–Kier alpha value is -2.49. The van der Waals surface area contributed by atoms with Crippen LogP contribution in [0, 0.1) is 19.7 Å². The molecular weight excluding hydrogens is 501 g/mol. The van der Waals surface area contributed by atoms with E-state index in [4.69, 9.17) is 9.47 Å². The van der Waals surface area contributed by atoms with Gasteiger partial charge < -0.3 is 14.8 Å². The SMILES string of the molecule is CCC(CNCCCS(=O)(=O)c1sc2ccc(F)cc2c1C)Oc1ccc(CCC(=O)OC)c(C)c1. The highest BCUT2D eigenvalue weighted by Crippen LogP contribution is 2.35. The molecule has 6 nitrogen and oxygen atoms in total. The fourth-order valence-corrected chi connectivity index (χ4v) is 7.27. The van der Waals surface area contributed by atoms with Gasteiger partial charge in [-0.05, 0) is 92.1 Å². The van der Waals surface area contributed by atoms with Crippen molar-refractivity contribution in [2.24, 2.45) is 0 Å². The first-order valence-corrected chi connectivity index (χ1v) is 14.6. The van der Waals surface area contributed by atoms with Crippen LogP contribution in [0.15, 0.2) is 40.6 Å². The molecule has 1 N–H and O–H groups in total. The molecule has 0 saturated heterocycles. The highest BCUT2D eigenvalue weighted by Gasteiger charge is 2.22. The van der Waals surface area contributed by atoms with Crippen LogP contribution in [0.1, 0.15) is 42.9 Å². The summed E-state index contributed by atoms with van der Waals surface area (Å²) in [6, 6.07) is 10.2. The van der Waals surface area contributed by atoms with Crippen molar-refractivity contribution in [2.75, 3.05) is 26.0 Å². The lowest BCUT2D eigenvalue weighted by Crippen LogP contribution is -2.32. The summed E-state index contributed by atoms with van der Waals surface area (Å²) in [6.45, 7) is 6.92. The second-order valence-corrected chi connectivity index (χ2v) is 12.2. The van der Waals surface area contributed by atoms with E-state index in [2.05, 4.69) is 5.32 Å². The molecule has 0 aliphatic heterocycles. The molecular formula is C27H34FNO5S2. The molecule has 0 radical (unpaired) electrons. The lowest BCUT2D eigenvalue weighted by Gasteiger charge is -2.19. The van der Waals surface area contributed by atoms with E-state index >= 15 is 0 Å². The summed E-state index contributed by atoms with van der Waals surface area (Å²) >= 11 is 1.20. The normalized spacial score (nSPS) is 12.6. The molecule has 196 valence electrons. The van der Waals surface area contributed by atoms with Crippen molar-refractivity contribution >= 4 is 37.2 Å². The molecule has 0 amide bonds. The zero-order valence-corrected chi connectivity index (χ0v) is 22.9. The van der Waals surface area contributed by atoms with Crippen LogP contribution >= 0.6 is 11.3 Å². The molecule has 0 aliphatic carbocycles. The molecule has 0 bridgehead atoms. The van der Waals surface area contributed by atoms with Crippen LogP contribution in [-0.2, 0) is 25.8 Å². The summed E-state index contributed by atoms with van der Waals surface area (Å²) < 4.78 is 51.3. The van der Waals surface area contributed by atoms with Crippen LogP contribution in [-0.4, -0.2) is 46.4 Å². The maximum Gasteiger partial charge on any atom is 0.305 e. The van der Waals surface area contributed by atoms with E-state index < -0.39 is 9.84 Å². The number of thiophene rings is 1. The number of hydrogen-bond acceptors (Lipinski definition) is 7. The maximum absolute atomic E-state index is 13.6. The lowest BCUT2D eigenvalue weighted by atomic mass is 10.0. The number of carbonyl (C=O) groups is 1. The average Bonchev–Trinajstić information content (AvgIpc) is 3.18. The molecule has 2 aromatic carbocycles. The minimum atomic E-state index is -3.45. The van der Waals surface area contributed by atoms with E-state index in [1.807, 2.05) is 32.0 Å². The van der Waals surface area contributed by atoms with Crippen molar-refractivity contribution in [2.45, 2.75) is 56.8 Å². The zero-order valence-electron chi connectivity index (χ0n) is 21.2. The Morgan fingerprint density at radius 3 is 2.64 bits per heavy atom. The smallest absolute Gasteiger partial charge is 0.305 e. The topological polar surface area (TPSA) is 81.7 Å². The van der Waals surface area contributed by atoms with Gasteiger partial charge in [-0.1, -0.05) is 13.0 Å². The Balaban J connectivity index is 1.48. The molecule has 36 heavy (non-hydrogen) atoms. The Bertz CT molecular complexity index is 1300. The molecule has 0 fully saturated rings. The quantitative estimate of drug-likeness (QED) is 0.234. The number of carbonyl (C=O) groups excluding carboxylic acids is 1. The molecule has 1 heterocycles. The van der Waals surface area contributed by atoms with Gasteiger partial charge in [0.25, 0.3) is 0 Å². The molecule has 0 spiro atoms. The molecule has 3 aromatic rings. The number of ether oxygens (including phenoxy) is 2. The fourth-order valence-electron chi connectivity index (χ4n) is 4.03. The van der Waals surface area contributed by atoms with Gasteiger partial charge in [-0.15, -0.1) is 11.3 Å². The number of rotatable bonds is 13. The van der Waals surface area contributed by atoms with Gasteiger partial charge in [-0.25, -0.2) is 12.8 Å². The highest BCUT2D eigenvalue weighted by atomic mass is 32.2. The average molecular weight is 536 g/mol. The number of fused-ring (bicyclic) bond motifs is 1. The lowest BCUT2D eigenvalue weighted by molar-refractivity contribution is -0.140. The van der Waals surface area contributed by atoms with Gasteiger partial charge >= 0.3 is 5.97 Å². The number of nitrogens with one attached hydrogen (secondary N) is 1. The molecule has 1 aromatic heterocycles. The van der Waals surface area contributed by atoms with Gasteiger partial charge in [0.2, 0.25) is 0 Å². The van der Waals surface area contributed by atoms with Crippen molar-refractivity contribution in [3.05, 3.63) is 58.9 Å². The minimum absolute atomic E-state index is 0.0278. The number of methoxy groups -OCH3 is 1. The van der Waals surface area contributed by atoms with Crippen LogP contribution in [0.3, 0.4) is 0 Å². The molecule has 9 heteroatoms. The summed E-state index contributed by atoms with van der Waals surface area (Å²) in [4.78, 5) is 11.4. The van der Waals surface area contributed by atoms with E-state index in [1.165, 1.54) is 30.6 Å². The summed E-state index contributed by atoms with van der Waals surface area (Å²) in [5.74, 6) is 0.199. The number of aryl methyl sites for hydroxylation is 3. The van der Waals surface area contributed by atoms with Crippen molar-refractivity contribution in [1.29, 1.82) is 0 Å². The standard InChI is InChI=1S/C27H34FNO5S2/c1-5-22(34-23-10-7-20(18(2)15-23)8-12-26(30)33-4)17-29-13-6-14-36(31,32)27-19(3)24-16-21(28)9-11-25(24)35-27/h7,9-11,15-16,22,29H,5-6,8,12-14,17H2,1-4H3. The van der Waals surface area contributed by atoms with Gasteiger partial charge in [0.05, 0.1) is 12.9 Å². The van der Waals surface area contributed by atoms with Crippen molar-refractivity contribution in [1.82, 2.24) is 5.32 Å². The van der Waals surface area contributed by atoms with Crippen LogP contribution in [0.25, 0.3) is 10.1 Å². The van der Waals surface area contributed by atoms with Crippen LogP contribution in [0.4, 0.5) is 4.39 Å². The molecule has 3 rings (SSSR count). The Kier molecular flexibility index (Phi) is 9.87. The monoisotopic (exact) mass is 535 g/mol. The first-order valence-electron chi connectivity index (χ1n) is 12.1. The van der Waals surface area contributed by atoms with Crippen molar-refractivity contribution in [3.8, 4) is 5.75 Å². The summed E-state index contributed by atoms with van der Waals surface area (Å²) in [7, 11) is -2.06. The maximum atomic E-state index is 13.6. The summed E-state index contributed by atoms with van der Waals surface area (Å²) in [6.07, 6.45) is 2.18. The first-order chi connectivity index (χ1) is 17.1. The number of hydrogen-bond donors (Lipinski definition) is 1. The van der Waals surface area contributed by atoms with Crippen molar-refractivity contribution in [3.63, 3.8) is 0 Å². The number of benzene rings is 2. The van der Waals surface area contributed by atoms with Gasteiger partial charge in [-0.2, -0.15) is 0 Å². The summed E-state index contributed by atoms with van der Waals surface area (Å²) in [5.41, 5.74) is 2.76. The van der Waals surface area contributed by atoms with Crippen LogP contribution in [0.5, 0.6) is 5.75 Å². The minimum Gasteiger partial charge on any atom is -0.489 e. The largest absolute Gasteiger partial charge is 0.489 e. The van der Waals surface area contributed by atoms with Crippen molar-refractivity contribution < 1.29 is 27.1 Å². The van der Waals surface area contributed by atoms with E-state index in [0.717, 1.165) is 28.0 Å². The zero-order chi connectivity index (χ0) is 26.3.